The molecule has 1 aromatic carbocycles. The summed E-state index contributed by atoms with van der Waals surface area (Å²) in [6.07, 6.45) is 2.49. The number of ether oxygens (including phenoxy) is 2. The fourth-order valence-corrected chi connectivity index (χ4v) is 2.21. The molecular weight excluding hydrogens is 256 g/mol. The van der Waals surface area contributed by atoms with Gasteiger partial charge in [0, 0.05) is 18.1 Å². The lowest BCUT2D eigenvalue weighted by Crippen LogP contribution is -2.06. The van der Waals surface area contributed by atoms with Crippen LogP contribution in [0.15, 0.2) is 30.6 Å². The number of fused-ring (bicyclic) bond motifs is 1. The molecule has 20 heavy (non-hydrogen) atoms. The quantitative estimate of drug-likeness (QED) is 0.793. The van der Waals surface area contributed by atoms with Crippen molar-refractivity contribution in [3.8, 4) is 11.6 Å². The number of methoxy groups -OCH3 is 1. The second-order valence-corrected chi connectivity index (χ2v) is 4.57. The zero-order chi connectivity index (χ0) is 13.9. The first kappa shape index (κ1) is 12.6. The molecule has 5 heteroatoms. The predicted octanol–water partition coefficient (Wildman–Crippen LogP) is 1.85. The zero-order valence-electron chi connectivity index (χ0n) is 11.1. The average molecular weight is 270 g/mol. The van der Waals surface area contributed by atoms with Crippen molar-refractivity contribution in [2.24, 2.45) is 0 Å². The second kappa shape index (κ2) is 5.28. The highest BCUT2D eigenvalue weighted by atomic mass is 16.5. The Morgan fingerprint density at radius 3 is 3.10 bits per heavy atom. The normalized spacial score (nSPS) is 12.7. The molecule has 0 saturated carbocycles. The van der Waals surface area contributed by atoms with E-state index in [0.29, 0.717) is 23.7 Å². The van der Waals surface area contributed by atoms with Crippen molar-refractivity contribution in [2.45, 2.75) is 12.8 Å². The molecule has 0 atom stereocenters. The lowest BCUT2D eigenvalue weighted by Gasteiger charge is -2.04. The molecule has 102 valence electrons. The van der Waals surface area contributed by atoms with E-state index in [1.807, 2.05) is 12.1 Å². The number of rotatable bonds is 4. The fraction of sp³-hybridized carbons (Fsp3) is 0.267. The fourth-order valence-electron chi connectivity index (χ4n) is 2.21. The molecule has 0 fully saturated rings. The Hall–Kier alpha value is -2.43. The van der Waals surface area contributed by atoms with Gasteiger partial charge < -0.3 is 9.47 Å². The number of aromatic nitrogens is 2. The summed E-state index contributed by atoms with van der Waals surface area (Å²) in [6, 6.07) is 7.23. The first-order chi connectivity index (χ1) is 9.76. The van der Waals surface area contributed by atoms with Crippen LogP contribution >= 0.6 is 0 Å². The van der Waals surface area contributed by atoms with Gasteiger partial charge in [0.15, 0.2) is 5.78 Å². The van der Waals surface area contributed by atoms with Crippen LogP contribution in [-0.2, 0) is 12.8 Å². The number of carbonyl (C=O) groups excluding carboxylic acids is 1. The smallest absolute Gasteiger partial charge is 0.216 e. The minimum atomic E-state index is 0.0282. The molecule has 1 aliphatic rings. The minimum absolute atomic E-state index is 0.0282. The number of hydrogen-bond donors (Lipinski definition) is 0. The van der Waals surface area contributed by atoms with Gasteiger partial charge in [-0.3, -0.25) is 4.79 Å². The van der Waals surface area contributed by atoms with Gasteiger partial charge >= 0.3 is 0 Å². The molecule has 2 aromatic rings. The SMILES string of the molecule is COc1cc(CC(=O)c2ccc3c(c2)CCO3)ncn1. The van der Waals surface area contributed by atoms with E-state index in [9.17, 15) is 4.79 Å². The lowest BCUT2D eigenvalue weighted by atomic mass is 10.0. The number of nitrogens with zero attached hydrogens (tertiary/aromatic N) is 2. The molecule has 2 heterocycles. The van der Waals surface area contributed by atoms with Gasteiger partial charge in [0.2, 0.25) is 5.88 Å². The standard InChI is InChI=1S/C15H14N2O3/c1-19-15-8-12(16-9-17-15)7-13(18)10-2-3-14-11(6-10)4-5-20-14/h2-3,6,8-9H,4-5,7H2,1H3. The molecule has 1 aliphatic heterocycles. The Balaban J connectivity index is 1.79. The number of ketones is 1. The highest BCUT2D eigenvalue weighted by Crippen LogP contribution is 2.26. The number of Topliss-reactive ketones (excluding diaryl/α,β-unsaturated/α-hetero) is 1. The molecule has 0 amide bonds. The molecule has 3 rings (SSSR count). The van der Waals surface area contributed by atoms with Crippen LogP contribution in [0.1, 0.15) is 21.6 Å². The maximum absolute atomic E-state index is 12.3. The summed E-state index contributed by atoms with van der Waals surface area (Å²) in [5.74, 6) is 1.37. The van der Waals surface area contributed by atoms with Gasteiger partial charge in [0.05, 0.1) is 25.8 Å². The summed E-state index contributed by atoms with van der Waals surface area (Å²) in [5.41, 5.74) is 2.43. The van der Waals surface area contributed by atoms with E-state index in [-0.39, 0.29) is 12.2 Å². The molecule has 0 unspecified atom stereocenters. The van der Waals surface area contributed by atoms with E-state index in [4.69, 9.17) is 9.47 Å². The minimum Gasteiger partial charge on any atom is -0.493 e. The van der Waals surface area contributed by atoms with Crippen LogP contribution < -0.4 is 9.47 Å². The van der Waals surface area contributed by atoms with E-state index in [1.165, 1.54) is 13.4 Å². The molecule has 0 bridgehead atoms. The number of hydrogen-bond acceptors (Lipinski definition) is 5. The maximum atomic E-state index is 12.3. The van der Waals surface area contributed by atoms with Gasteiger partial charge in [0.1, 0.15) is 12.1 Å². The van der Waals surface area contributed by atoms with Crippen LogP contribution in [0.2, 0.25) is 0 Å². The highest BCUT2D eigenvalue weighted by Gasteiger charge is 2.15. The van der Waals surface area contributed by atoms with E-state index in [0.717, 1.165) is 17.7 Å². The van der Waals surface area contributed by atoms with Crippen molar-refractivity contribution in [1.29, 1.82) is 0 Å². The summed E-state index contributed by atoms with van der Waals surface area (Å²) in [5, 5.41) is 0. The van der Waals surface area contributed by atoms with Gasteiger partial charge in [-0.1, -0.05) is 0 Å². The Morgan fingerprint density at radius 2 is 2.25 bits per heavy atom. The van der Waals surface area contributed by atoms with Crippen LogP contribution in [0.4, 0.5) is 0 Å². The van der Waals surface area contributed by atoms with Crippen LogP contribution in [0.3, 0.4) is 0 Å². The molecule has 1 aromatic heterocycles. The topological polar surface area (TPSA) is 61.3 Å². The van der Waals surface area contributed by atoms with Gasteiger partial charge in [-0.05, 0) is 23.8 Å². The monoisotopic (exact) mass is 270 g/mol. The van der Waals surface area contributed by atoms with Gasteiger partial charge in [-0.15, -0.1) is 0 Å². The second-order valence-electron chi connectivity index (χ2n) is 4.57. The Morgan fingerprint density at radius 1 is 1.35 bits per heavy atom. The Labute approximate surface area is 116 Å². The summed E-state index contributed by atoms with van der Waals surface area (Å²) in [7, 11) is 1.54. The number of carbonyl (C=O) groups is 1. The molecule has 5 nitrogen and oxygen atoms in total. The maximum Gasteiger partial charge on any atom is 0.216 e. The molecule has 0 N–H and O–H groups in total. The average Bonchev–Trinajstić information content (AvgIpc) is 2.94. The van der Waals surface area contributed by atoms with Crippen molar-refractivity contribution >= 4 is 5.78 Å². The largest absolute Gasteiger partial charge is 0.493 e. The van der Waals surface area contributed by atoms with Crippen molar-refractivity contribution in [3.63, 3.8) is 0 Å². The van der Waals surface area contributed by atoms with Gasteiger partial charge in [0.25, 0.3) is 0 Å². The summed E-state index contributed by atoms with van der Waals surface area (Å²) >= 11 is 0. The predicted molar refractivity (Wildman–Crippen MR) is 72.3 cm³/mol. The van der Waals surface area contributed by atoms with Crippen molar-refractivity contribution in [2.75, 3.05) is 13.7 Å². The third-order valence-electron chi connectivity index (χ3n) is 3.26. The third-order valence-corrected chi connectivity index (χ3v) is 3.26. The van der Waals surface area contributed by atoms with E-state index in [2.05, 4.69) is 9.97 Å². The van der Waals surface area contributed by atoms with Crippen molar-refractivity contribution in [1.82, 2.24) is 9.97 Å². The van der Waals surface area contributed by atoms with Crippen molar-refractivity contribution < 1.29 is 14.3 Å². The summed E-state index contributed by atoms with van der Waals surface area (Å²) in [6.45, 7) is 0.691. The Bertz CT molecular complexity index is 655. The first-order valence-electron chi connectivity index (χ1n) is 6.40. The van der Waals surface area contributed by atoms with Crippen LogP contribution in [0.25, 0.3) is 0 Å². The van der Waals surface area contributed by atoms with Crippen LogP contribution in [-0.4, -0.2) is 29.5 Å². The molecule has 0 radical (unpaired) electrons. The van der Waals surface area contributed by atoms with Crippen LogP contribution in [0.5, 0.6) is 11.6 Å². The van der Waals surface area contributed by atoms with Gasteiger partial charge in [-0.2, -0.15) is 0 Å². The Kier molecular flexibility index (Phi) is 3.33. The molecule has 0 aliphatic carbocycles. The third kappa shape index (κ3) is 2.47. The van der Waals surface area contributed by atoms with Crippen molar-refractivity contribution in [3.05, 3.63) is 47.4 Å². The van der Waals surface area contributed by atoms with Gasteiger partial charge in [-0.25, -0.2) is 9.97 Å². The first-order valence-corrected chi connectivity index (χ1v) is 6.40. The van der Waals surface area contributed by atoms with E-state index in [1.54, 1.807) is 12.1 Å². The molecular formula is C15H14N2O3. The number of benzene rings is 1. The molecule has 0 saturated heterocycles. The van der Waals surface area contributed by atoms with E-state index >= 15 is 0 Å². The summed E-state index contributed by atoms with van der Waals surface area (Å²) < 4.78 is 10.5. The summed E-state index contributed by atoms with van der Waals surface area (Å²) in [4.78, 5) is 20.3. The lowest BCUT2D eigenvalue weighted by molar-refractivity contribution is 0.0992. The zero-order valence-corrected chi connectivity index (χ0v) is 11.1. The van der Waals surface area contributed by atoms with E-state index < -0.39 is 0 Å². The van der Waals surface area contributed by atoms with Crippen LogP contribution in [0, 0.1) is 0 Å². The molecule has 0 spiro atoms. The highest BCUT2D eigenvalue weighted by molar-refractivity contribution is 5.97.